The summed E-state index contributed by atoms with van der Waals surface area (Å²) in [6.07, 6.45) is 7.62. The van der Waals surface area contributed by atoms with Crippen LogP contribution in [-0.4, -0.2) is 45.6 Å². The molecule has 0 unspecified atom stereocenters. The molecule has 21 heavy (non-hydrogen) atoms. The van der Waals surface area contributed by atoms with Crippen molar-refractivity contribution in [3.8, 4) is 0 Å². The first kappa shape index (κ1) is 16.4. The zero-order chi connectivity index (χ0) is 15.1. The van der Waals surface area contributed by atoms with E-state index in [1.807, 2.05) is 4.68 Å². The second kappa shape index (κ2) is 8.49. The third-order valence-corrected chi connectivity index (χ3v) is 4.31. The van der Waals surface area contributed by atoms with Crippen LogP contribution in [0, 0.1) is 5.92 Å². The number of hydrogen-bond donors (Lipinski definition) is 1. The van der Waals surface area contributed by atoms with Gasteiger partial charge in [0.15, 0.2) is 0 Å². The Morgan fingerprint density at radius 1 is 1.38 bits per heavy atom. The van der Waals surface area contributed by atoms with Crippen molar-refractivity contribution >= 4 is 0 Å². The minimum absolute atomic E-state index is 0.671. The van der Waals surface area contributed by atoms with Gasteiger partial charge < -0.3 is 5.32 Å². The number of likely N-dealkylation sites (N-methyl/N-ethyl adjacent to an activating group) is 1. The quantitative estimate of drug-likeness (QED) is 0.759. The van der Waals surface area contributed by atoms with Crippen molar-refractivity contribution < 1.29 is 0 Å². The lowest BCUT2D eigenvalue weighted by molar-refractivity contribution is 0.198. The molecule has 1 aliphatic carbocycles. The van der Waals surface area contributed by atoms with Gasteiger partial charge in [0.05, 0.1) is 12.2 Å². The Morgan fingerprint density at radius 2 is 2.14 bits per heavy atom. The summed E-state index contributed by atoms with van der Waals surface area (Å²) in [7, 11) is 0. The minimum atomic E-state index is 0.671. The third-order valence-electron chi connectivity index (χ3n) is 4.31. The molecule has 120 valence electrons. The summed E-state index contributed by atoms with van der Waals surface area (Å²) < 4.78 is 1.99. The number of nitrogens with zero attached hydrogens (tertiary/aromatic N) is 4. The van der Waals surface area contributed by atoms with Crippen LogP contribution >= 0.6 is 0 Å². The van der Waals surface area contributed by atoms with Gasteiger partial charge in [0.25, 0.3) is 0 Å². The molecular formula is C16H31N5. The highest BCUT2D eigenvalue weighted by Crippen LogP contribution is 2.23. The number of hydrogen-bond acceptors (Lipinski definition) is 4. The normalized spacial score (nSPS) is 16.4. The van der Waals surface area contributed by atoms with Gasteiger partial charge in [0, 0.05) is 25.3 Å². The predicted molar refractivity (Wildman–Crippen MR) is 86.1 cm³/mol. The highest BCUT2D eigenvalue weighted by Gasteiger charge is 2.20. The molecule has 1 saturated carbocycles. The van der Waals surface area contributed by atoms with Crippen LogP contribution in [0.5, 0.6) is 0 Å². The molecule has 1 aromatic rings. The van der Waals surface area contributed by atoms with E-state index in [0.717, 1.165) is 44.5 Å². The minimum Gasteiger partial charge on any atom is -0.311 e. The fraction of sp³-hybridized carbons (Fsp3) is 0.875. The summed E-state index contributed by atoms with van der Waals surface area (Å²) in [4.78, 5) is 2.60. The van der Waals surface area contributed by atoms with Gasteiger partial charge in [-0.15, -0.1) is 5.10 Å². The molecule has 0 spiro atoms. The maximum Gasteiger partial charge on any atom is 0.0964 e. The largest absolute Gasteiger partial charge is 0.311 e. The molecule has 0 aliphatic heterocycles. The van der Waals surface area contributed by atoms with Crippen molar-refractivity contribution in [1.29, 1.82) is 0 Å². The van der Waals surface area contributed by atoms with E-state index in [2.05, 4.69) is 47.5 Å². The van der Waals surface area contributed by atoms with Crippen molar-refractivity contribution in [1.82, 2.24) is 25.2 Å². The molecule has 5 nitrogen and oxygen atoms in total. The monoisotopic (exact) mass is 293 g/mol. The van der Waals surface area contributed by atoms with E-state index < -0.39 is 0 Å². The van der Waals surface area contributed by atoms with Crippen LogP contribution in [0.3, 0.4) is 0 Å². The molecule has 1 fully saturated rings. The second-order valence-corrected chi connectivity index (χ2v) is 6.56. The molecule has 0 saturated heterocycles. The maximum absolute atomic E-state index is 4.25. The molecule has 1 aliphatic rings. The van der Waals surface area contributed by atoms with Crippen LogP contribution in [0.4, 0.5) is 0 Å². The van der Waals surface area contributed by atoms with E-state index in [1.165, 1.54) is 25.7 Å². The zero-order valence-electron chi connectivity index (χ0n) is 13.9. The first-order valence-electron chi connectivity index (χ1n) is 8.52. The summed E-state index contributed by atoms with van der Waals surface area (Å²) in [6.45, 7) is 11.7. The molecule has 1 aromatic heterocycles. The van der Waals surface area contributed by atoms with Gasteiger partial charge in [0.2, 0.25) is 0 Å². The average molecular weight is 293 g/mol. The summed E-state index contributed by atoms with van der Waals surface area (Å²) in [5.41, 5.74) is 1.04. The smallest absolute Gasteiger partial charge is 0.0964 e. The molecule has 0 atom stereocenters. The van der Waals surface area contributed by atoms with E-state index >= 15 is 0 Å². The summed E-state index contributed by atoms with van der Waals surface area (Å²) in [5.74, 6) is 0.671. The Kier molecular flexibility index (Phi) is 6.64. The fourth-order valence-corrected chi connectivity index (χ4v) is 3.12. The highest BCUT2D eigenvalue weighted by molar-refractivity contribution is 4.91. The first-order chi connectivity index (χ1) is 10.2. The Bertz CT molecular complexity index is 395. The number of aromatic nitrogens is 3. The Morgan fingerprint density at radius 3 is 2.81 bits per heavy atom. The SMILES string of the molecule is CCN(CCn1cc(CNCC(C)C)nn1)C1CCCC1. The maximum atomic E-state index is 4.25. The van der Waals surface area contributed by atoms with Crippen molar-refractivity contribution in [2.45, 2.75) is 65.6 Å². The number of nitrogens with one attached hydrogen (secondary N) is 1. The standard InChI is InChI=1S/C16H31N5/c1-4-20(16-7-5-6-8-16)9-10-21-13-15(18-19-21)12-17-11-14(2)3/h13-14,16-17H,4-12H2,1-3H3. The lowest BCUT2D eigenvalue weighted by Gasteiger charge is -2.27. The Labute approximate surface area is 129 Å². The van der Waals surface area contributed by atoms with Gasteiger partial charge >= 0.3 is 0 Å². The van der Waals surface area contributed by atoms with Crippen LogP contribution in [0.2, 0.25) is 0 Å². The highest BCUT2D eigenvalue weighted by atomic mass is 15.4. The first-order valence-corrected chi connectivity index (χ1v) is 8.52. The number of rotatable bonds is 9. The molecule has 2 rings (SSSR count). The summed E-state index contributed by atoms with van der Waals surface area (Å²) in [5, 5.41) is 11.9. The molecular weight excluding hydrogens is 262 g/mol. The lowest BCUT2D eigenvalue weighted by Crippen LogP contribution is -2.35. The van der Waals surface area contributed by atoms with Gasteiger partial charge in [-0.2, -0.15) is 0 Å². The lowest BCUT2D eigenvalue weighted by atomic mass is 10.2. The van der Waals surface area contributed by atoms with E-state index in [9.17, 15) is 0 Å². The van der Waals surface area contributed by atoms with Gasteiger partial charge in [-0.1, -0.05) is 38.8 Å². The molecule has 1 N–H and O–H groups in total. The summed E-state index contributed by atoms with van der Waals surface area (Å²) in [6, 6.07) is 0.797. The van der Waals surface area contributed by atoms with Crippen molar-refractivity contribution in [2.75, 3.05) is 19.6 Å². The Balaban J connectivity index is 1.73. The molecule has 1 heterocycles. The van der Waals surface area contributed by atoms with Gasteiger partial charge in [-0.25, -0.2) is 0 Å². The molecule has 0 bridgehead atoms. The van der Waals surface area contributed by atoms with E-state index in [4.69, 9.17) is 0 Å². The van der Waals surface area contributed by atoms with E-state index in [1.54, 1.807) is 0 Å². The molecule has 0 amide bonds. The second-order valence-electron chi connectivity index (χ2n) is 6.56. The third kappa shape index (κ3) is 5.40. The van der Waals surface area contributed by atoms with Gasteiger partial charge in [-0.05, 0) is 31.8 Å². The van der Waals surface area contributed by atoms with Crippen LogP contribution in [0.1, 0.15) is 52.1 Å². The Hall–Kier alpha value is -0.940. The van der Waals surface area contributed by atoms with Crippen molar-refractivity contribution in [3.63, 3.8) is 0 Å². The predicted octanol–water partition coefficient (Wildman–Crippen LogP) is 2.29. The van der Waals surface area contributed by atoms with Crippen molar-refractivity contribution in [3.05, 3.63) is 11.9 Å². The van der Waals surface area contributed by atoms with Gasteiger partial charge in [-0.3, -0.25) is 9.58 Å². The summed E-state index contributed by atoms with van der Waals surface area (Å²) >= 11 is 0. The van der Waals surface area contributed by atoms with Crippen LogP contribution in [0.15, 0.2) is 6.20 Å². The average Bonchev–Trinajstić information content (AvgIpc) is 3.11. The van der Waals surface area contributed by atoms with Crippen LogP contribution in [-0.2, 0) is 13.1 Å². The van der Waals surface area contributed by atoms with E-state index in [-0.39, 0.29) is 0 Å². The molecule has 0 radical (unpaired) electrons. The molecule has 5 heteroatoms. The van der Waals surface area contributed by atoms with Crippen LogP contribution < -0.4 is 5.32 Å². The fourth-order valence-electron chi connectivity index (χ4n) is 3.12. The van der Waals surface area contributed by atoms with Gasteiger partial charge in [0.1, 0.15) is 0 Å². The van der Waals surface area contributed by atoms with E-state index in [0.29, 0.717) is 5.92 Å². The van der Waals surface area contributed by atoms with Crippen LogP contribution in [0.25, 0.3) is 0 Å². The topological polar surface area (TPSA) is 46.0 Å². The van der Waals surface area contributed by atoms with Crippen molar-refractivity contribution in [2.24, 2.45) is 5.92 Å². The molecule has 0 aromatic carbocycles. The zero-order valence-corrected chi connectivity index (χ0v) is 13.9.